The summed E-state index contributed by atoms with van der Waals surface area (Å²) in [5, 5.41) is 18.0. The van der Waals surface area contributed by atoms with Gasteiger partial charge in [0.25, 0.3) is 0 Å². The van der Waals surface area contributed by atoms with E-state index in [0.717, 1.165) is 86.5 Å². The fourth-order valence-electron chi connectivity index (χ4n) is 7.34. The fraction of sp³-hybridized carbons (Fsp3) is 0.524. The van der Waals surface area contributed by atoms with Crippen LogP contribution in [0.25, 0.3) is 21.9 Å². The Bertz CT molecular complexity index is 1690. The van der Waals surface area contributed by atoms with Crippen molar-refractivity contribution in [3.63, 3.8) is 0 Å². The second kappa shape index (κ2) is 20.1. The van der Waals surface area contributed by atoms with Crippen molar-refractivity contribution in [2.75, 3.05) is 90.5 Å². The first-order valence-electron chi connectivity index (χ1n) is 19.2. The van der Waals surface area contributed by atoms with E-state index in [0.29, 0.717) is 24.0 Å². The Balaban J connectivity index is 0.000000201. The number of anilines is 2. The predicted molar refractivity (Wildman–Crippen MR) is 216 cm³/mol. The van der Waals surface area contributed by atoms with Crippen LogP contribution in [-0.4, -0.2) is 113 Å². The zero-order valence-electron chi connectivity index (χ0n) is 33.4. The first-order chi connectivity index (χ1) is 26.0. The molecule has 296 valence electrons. The molecule has 0 saturated carbocycles. The van der Waals surface area contributed by atoms with E-state index in [2.05, 4.69) is 85.7 Å². The molecule has 0 unspecified atom stereocenters. The SMILES string of the molecule is CCN(CC)c1ccc(OC)c2oc(C3CCN(C)CC3)cc12.CCN(CC)c1ccc(OC)c2oc(C3CCN(C)CC3)cc12.O=C(O)/C=C\C(=O)O. The number of aliphatic carboxylic acids is 2. The lowest BCUT2D eigenvalue weighted by atomic mass is 9.94. The maximum absolute atomic E-state index is 9.55. The third-order valence-corrected chi connectivity index (χ3v) is 10.5. The van der Waals surface area contributed by atoms with Gasteiger partial charge in [0, 0.05) is 72.3 Å². The van der Waals surface area contributed by atoms with Crippen LogP contribution in [-0.2, 0) is 9.59 Å². The van der Waals surface area contributed by atoms with Gasteiger partial charge in [0.15, 0.2) is 22.7 Å². The molecule has 2 saturated heterocycles. The van der Waals surface area contributed by atoms with Crippen molar-refractivity contribution in [2.24, 2.45) is 0 Å². The highest BCUT2D eigenvalue weighted by atomic mass is 16.5. The molecular weight excluding hydrogens is 688 g/mol. The number of carboxylic acid groups (broad SMARTS) is 2. The van der Waals surface area contributed by atoms with E-state index in [4.69, 9.17) is 28.5 Å². The number of hydrogen-bond acceptors (Lipinski definition) is 10. The van der Waals surface area contributed by atoms with Crippen molar-refractivity contribution in [1.82, 2.24) is 9.80 Å². The van der Waals surface area contributed by atoms with Crippen LogP contribution < -0.4 is 19.3 Å². The number of hydrogen-bond donors (Lipinski definition) is 2. The van der Waals surface area contributed by atoms with Crippen LogP contribution in [0.15, 0.2) is 57.4 Å². The van der Waals surface area contributed by atoms with Gasteiger partial charge in [-0.05, 0) is 130 Å². The van der Waals surface area contributed by atoms with E-state index < -0.39 is 11.9 Å². The molecule has 2 aromatic carbocycles. The molecular formula is C42H60N4O8. The Morgan fingerprint density at radius 1 is 0.667 bits per heavy atom. The Labute approximate surface area is 319 Å². The van der Waals surface area contributed by atoms with Crippen LogP contribution in [0, 0.1) is 0 Å². The van der Waals surface area contributed by atoms with Crippen LogP contribution in [0.4, 0.5) is 11.4 Å². The number of methoxy groups -OCH3 is 2. The summed E-state index contributed by atoms with van der Waals surface area (Å²) in [4.78, 5) is 28.6. The van der Waals surface area contributed by atoms with Crippen molar-refractivity contribution >= 4 is 45.3 Å². The molecule has 0 radical (unpaired) electrons. The fourth-order valence-corrected chi connectivity index (χ4v) is 7.34. The Morgan fingerprint density at radius 2 is 1.00 bits per heavy atom. The normalized spacial score (nSPS) is 15.8. The number of benzene rings is 2. The summed E-state index contributed by atoms with van der Waals surface area (Å²) in [6, 6.07) is 12.9. The monoisotopic (exact) mass is 748 g/mol. The number of carbonyl (C=O) groups is 2. The van der Waals surface area contributed by atoms with Crippen LogP contribution in [0.2, 0.25) is 0 Å². The molecule has 54 heavy (non-hydrogen) atoms. The lowest BCUT2D eigenvalue weighted by molar-refractivity contribution is -0.134. The maximum Gasteiger partial charge on any atom is 0.328 e. The Morgan fingerprint density at radius 3 is 1.28 bits per heavy atom. The quantitative estimate of drug-likeness (QED) is 0.137. The topological polar surface area (TPSA) is 132 Å². The van der Waals surface area contributed by atoms with E-state index in [-0.39, 0.29) is 0 Å². The molecule has 4 aromatic rings. The van der Waals surface area contributed by atoms with Gasteiger partial charge in [0.2, 0.25) is 0 Å². The second-order valence-corrected chi connectivity index (χ2v) is 13.9. The molecule has 0 aliphatic carbocycles. The number of piperidine rings is 2. The van der Waals surface area contributed by atoms with Crippen molar-refractivity contribution < 1.29 is 38.1 Å². The van der Waals surface area contributed by atoms with Gasteiger partial charge in [-0.15, -0.1) is 0 Å². The molecule has 12 heteroatoms. The second-order valence-electron chi connectivity index (χ2n) is 13.9. The van der Waals surface area contributed by atoms with Crippen molar-refractivity contribution in [3.05, 3.63) is 60.1 Å². The minimum Gasteiger partial charge on any atom is -0.493 e. The van der Waals surface area contributed by atoms with E-state index in [1.807, 2.05) is 12.1 Å². The standard InChI is InChI=1S/2C19H28N2O2.C4H4O4/c2*1-5-21(6-2)16-7-8-17(22-4)19-15(16)13-18(23-19)14-9-11-20(3)12-10-14;5-3(6)1-2-4(7)8/h2*7-8,13-14H,5-6,9-12H2,1-4H3;1-2H,(H,5,6)(H,7,8)/b;;2-1-. The Hall–Kier alpha value is -4.68. The van der Waals surface area contributed by atoms with Gasteiger partial charge in [-0.3, -0.25) is 0 Å². The molecule has 2 aliphatic rings. The summed E-state index contributed by atoms with van der Waals surface area (Å²) >= 11 is 0. The zero-order valence-corrected chi connectivity index (χ0v) is 33.4. The maximum atomic E-state index is 9.55. The first-order valence-corrected chi connectivity index (χ1v) is 19.2. The summed E-state index contributed by atoms with van der Waals surface area (Å²) in [5.41, 5.74) is 4.28. The molecule has 2 N–H and O–H groups in total. The largest absolute Gasteiger partial charge is 0.493 e. The molecule has 2 fully saturated rings. The molecule has 2 aliphatic heterocycles. The van der Waals surface area contributed by atoms with Crippen molar-refractivity contribution in [1.29, 1.82) is 0 Å². The summed E-state index contributed by atoms with van der Waals surface area (Å²) in [6.07, 6.45) is 5.78. The van der Waals surface area contributed by atoms with Gasteiger partial charge < -0.3 is 48.1 Å². The van der Waals surface area contributed by atoms with Gasteiger partial charge in [-0.2, -0.15) is 0 Å². The number of ether oxygens (including phenoxy) is 2. The molecule has 2 aromatic heterocycles. The van der Waals surface area contributed by atoms with Gasteiger partial charge >= 0.3 is 11.9 Å². The molecule has 12 nitrogen and oxygen atoms in total. The summed E-state index contributed by atoms with van der Waals surface area (Å²) < 4.78 is 23.6. The van der Waals surface area contributed by atoms with E-state index in [1.165, 1.54) is 47.8 Å². The third kappa shape index (κ3) is 10.5. The van der Waals surface area contributed by atoms with Crippen LogP contribution in [0.3, 0.4) is 0 Å². The highest BCUT2D eigenvalue weighted by Crippen LogP contribution is 2.41. The molecule has 6 rings (SSSR count). The van der Waals surface area contributed by atoms with Crippen LogP contribution in [0.5, 0.6) is 11.5 Å². The van der Waals surface area contributed by atoms with E-state index in [9.17, 15) is 9.59 Å². The number of carboxylic acids is 2. The number of likely N-dealkylation sites (tertiary alicyclic amines) is 2. The Kier molecular flexibility index (Phi) is 15.7. The lowest BCUT2D eigenvalue weighted by Gasteiger charge is -2.27. The molecule has 4 heterocycles. The van der Waals surface area contributed by atoms with Gasteiger partial charge in [-0.1, -0.05) is 0 Å². The van der Waals surface area contributed by atoms with Crippen LogP contribution >= 0.6 is 0 Å². The molecule has 0 spiro atoms. The van der Waals surface area contributed by atoms with Gasteiger partial charge in [-0.25, -0.2) is 9.59 Å². The van der Waals surface area contributed by atoms with Gasteiger partial charge in [0.1, 0.15) is 11.5 Å². The number of fused-ring (bicyclic) bond motifs is 2. The first kappa shape index (κ1) is 42.1. The predicted octanol–water partition coefficient (Wildman–Crippen LogP) is 7.91. The number of rotatable bonds is 12. The van der Waals surface area contributed by atoms with Gasteiger partial charge in [0.05, 0.1) is 14.2 Å². The minimum absolute atomic E-state index is 0.521. The van der Waals surface area contributed by atoms with Crippen molar-refractivity contribution in [3.8, 4) is 11.5 Å². The number of furan rings is 2. The summed E-state index contributed by atoms with van der Waals surface area (Å²) in [7, 11) is 7.81. The molecule has 0 amide bonds. The average molecular weight is 749 g/mol. The zero-order chi connectivity index (χ0) is 39.4. The summed E-state index contributed by atoms with van der Waals surface area (Å²) in [6.45, 7) is 17.3. The number of nitrogens with zero attached hydrogens (tertiary/aromatic N) is 4. The van der Waals surface area contributed by atoms with E-state index in [1.54, 1.807) is 14.2 Å². The third-order valence-electron chi connectivity index (χ3n) is 10.5. The molecule has 0 bridgehead atoms. The highest BCUT2D eigenvalue weighted by molar-refractivity contribution is 5.96. The average Bonchev–Trinajstić information content (AvgIpc) is 3.83. The van der Waals surface area contributed by atoms with Crippen molar-refractivity contribution in [2.45, 2.75) is 65.2 Å². The van der Waals surface area contributed by atoms with Crippen LogP contribution in [0.1, 0.15) is 76.7 Å². The van der Waals surface area contributed by atoms with E-state index >= 15 is 0 Å². The smallest absolute Gasteiger partial charge is 0.328 e. The highest BCUT2D eigenvalue weighted by Gasteiger charge is 2.26. The summed E-state index contributed by atoms with van der Waals surface area (Å²) in [5.74, 6) is 2.42. The lowest BCUT2D eigenvalue weighted by Crippen LogP contribution is -2.29. The minimum atomic E-state index is -1.26. The molecule has 0 atom stereocenters.